The molecular weight excluding hydrogens is 279 g/mol. The topological polar surface area (TPSA) is 15.3 Å². The Morgan fingerprint density at radius 1 is 1.32 bits per heavy atom. The summed E-state index contributed by atoms with van der Waals surface area (Å²) in [5, 5.41) is 5.07. The van der Waals surface area contributed by atoms with Crippen LogP contribution >= 0.6 is 23.2 Å². The van der Waals surface area contributed by atoms with Crippen molar-refractivity contribution in [3.63, 3.8) is 0 Å². The summed E-state index contributed by atoms with van der Waals surface area (Å²) in [7, 11) is 0. The smallest absolute Gasteiger partial charge is 0.0465 e. The quantitative estimate of drug-likeness (QED) is 0.885. The zero-order valence-corrected chi connectivity index (χ0v) is 13.1. The standard InChI is InChI=1S/C15H22Cl2N2/c1-11(2)19(9-12-5-4-8-18-12)10-13-14(16)6-3-7-15(13)17/h3,6-7,11-12,18H,4-5,8-10H2,1-2H3. The van der Waals surface area contributed by atoms with Crippen molar-refractivity contribution in [2.45, 2.75) is 45.3 Å². The minimum Gasteiger partial charge on any atom is -0.313 e. The summed E-state index contributed by atoms with van der Waals surface area (Å²) >= 11 is 12.5. The molecule has 1 aliphatic heterocycles. The van der Waals surface area contributed by atoms with Gasteiger partial charge in [-0.15, -0.1) is 0 Å². The number of nitrogens with one attached hydrogen (secondary N) is 1. The Morgan fingerprint density at radius 2 is 2.00 bits per heavy atom. The van der Waals surface area contributed by atoms with Crippen LogP contribution in [-0.2, 0) is 6.54 Å². The van der Waals surface area contributed by atoms with Gasteiger partial charge >= 0.3 is 0 Å². The van der Waals surface area contributed by atoms with E-state index >= 15 is 0 Å². The van der Waals surface area contributed by atoms with Gasteiger partial charge in [-0.2, -0.15) is 0 Å². The van der Waals surface area contributed by atoms with Crippen molar-refractivity contribution in [2.75, 3.05) is 13.1 Å². The lowest BCUT2D eigenvalue weighted by Gasteiger charge is -2.30. The van der Waals surface area contributed by atoms with E-state index in [0.717, 1.165) is 35.2 Å². The molecule has 1 fully saturated rings. The fourth-order valence-electron chi connectivity index (χ4n) is 2.54. The Morgan fingerprint density at radius 3 is 2.53 bits per heavy atom. The summed E-state index contributed by atoms with van der Waals surface area (Å²) < 4.78 is 0. The molecule has 4 heteroatoms. The molecule has 0 saturated carbocycles. The van der Waals surface area contributed by atoms with E-state index in [1.807, 2.05) is 18.2 Å². The van der Waals surface area contributed by atoms with Gasteiger partial charge in [0.1, 0.15) is 0 Å². The first-order valence-corrected chi connectivity index (χ1v) is 7.74. The lowest BCUT2D eigenvalue weighted by atomic mass is 10.1. The molecule has 0 radical (unpaired) electrons. The fourth-order valence-corrected chi connectivity index (χ4v) is 3.06. The molecule has 1 aromatic carbocycles. The van der Waals surface area contributed by atoms with E-state index in [1.165, 1.54) is 12.8 Å². The largest absolute Gasteiger partial charge is 0.313 e. The van der Waals surface area contributed by atoms with Crippen LogP contribution in [0.3, 0.4) is 0 Å². The SMILES string of the molecule is CC(C)N(Cc1c(Cl)cccc1Cl)CC1CCCN1. The highest BCUT2D eigenvalue weighted by Crippen LogP contribution is 2.26. The van der Waals surface area contributed by atoms with Crippen LogP contribution in [0.15, 0.2) is 18.2 Å². The van der Waals surface area contributed by atoms with E-state index in [-0.39, 0.29) is 0 Å². The normalized spacial score (nSPS) is 19.6. The van der Waals surface area contributed by atoms with E-state index in [9.17, 15) is 0 Å². The number of hydrogen-bond acceptors (Lipinski definition) is 2. The van der Waals surface area contributed by atoms with Gasteiger partial charge in [0.2, 0.25) is 0 Å². The highest BCUT2D eigenvalue weighted by Gasteiger charge is 2.21. The van der Waals surface area contributed by atoms with Gasteiger partial charge in [-0.1, -0.05) is 29.3 Å². The molecule has 1 heterocycles. The van der Waals surface area contributed by atoms with Gasteiger partial charge in [-0.25, -0.2) is 0 Å². The maximum atomic E-state index is 6.27. The fraction of sp³-hybridized carbons (Fsp3) is 0.600. The second kappa shape index (κ2) is 6.94. The van der Waals surface area contributed by atoms with Crippen LogP contribution in [0.25, 0.3) is 0 Å². The molecule has 0 amide bonds. The van der Waals surface area contributed by atoms with Crippen LogP contribution in [0.5, 0.6) is 0 Å². The molecule has 0 bridgehead atoms. The highest BCUT2D eigenvalue weighted by molar-refractivity contribution is 6.35. The predicted octanol–water partition coefficient (Wildman–Crippen LogP) is 3.96. The zero-order valence-electron chi connectivity index (χ0n) is 11.6. The van der Waals surface area contributed by atoms with Gasteiger partial charge in [0.15, 0.2) is 0 Å². The molecule has 1 N–H and O–H groups in total. The lowest BCUT2D eigenvalue weighted by molar-refractivity contribution is 0.194. The summed E-state index contributed by atoms with van der Waals surface area (Å²) in [6, 6.07) is 6.80. The molecule has 1 unspecified atom stereocenters. The van der Waals surface area contributed by atoms with Crippen molar-refractivity contribution in [2.24, 2.45) is 0 Å². The van der Waals surface area contributed by atoms with Crippen LogP contribution < -0.4 is 5.32 Å². The molecule has 1 atom stereocenters. The Balaban J connectivity index is 2.07. The van der Waals surface area contributed by atoms with Crippen LogP contribution in [-0.4, -0.2) is 30.1 Å². The van der Waals surface area contributed by atoms with Crippen LogP contribution in [0.1, 0.15) is 32.3 Å². The Kier molecular flexibility index (Phi) is 5.52. The van der Waals surface area contributed by atoms with Crippen LogP contribution in [0, 0.1) is 0 Å². The second-order valence-corrected chi connectivity index (χ2v) is 6.33. The van der Waals surface area contributed by atoms with Crippen molar-refractivity contribution in [1.29, 1.82) is 0 Å². The Bertz CT molecular complexity index is 394. The molecular formula is C15H22Cl2N2. The molecule has 19 heavy (non-hydrogen) atoms. The molecule has 106 valence electrons. The molecule has 0 aliphatic carbocycles. The third-order valence-electron chi connectivity index (χ3n) is 3.77. The van der Waals surface area contributed by atoms with Gasteiger partial charge in [0, 0.05) is 40.8 Å². The molecule has 0 aromatic heterocycles. The second-order valence-electron chi connectivity index (χ2n) is 5.52. The van der Waals surface area contributed by atoms with Gasteiger partial charge < -0.3 is 5.32 Å². The van der Waals surface area contributed by atoms with Gasteiger partial charge in [0.25, 0.3) is 0 Å². The van der Waals surface area contributed by atoms with Crippen molar-refractivity contribution in [3.8, 4) is 0 Å². The van der Waals surface area contributed by atoms with E-state index in [1.54, 1.807) is 0 Å². The average Bonchev–Trinajstić information content (AvgIpc) is 2.85. The van der Waals surface area contributed by atoms with Gasteiger partial charge in [-0.05, 0) is 45.4 Å². The summed E-state index contributed by atoms with van der Waals surface area (Å²) in [5.74, 6) is 0. The van der Waals surface area contributed by atoms with Crippen LogP contribution in [0.2, 0.25) is 10.0 Å². The van der Waals surface area contributed by atoms with Gasteiger partial charge in [-0.3, -0.25) is 4.90 Å². The molecule has 0 spiro atoms. The summed E-state index contributed by atoms with van der Waals surface area (Å²) in [6.45, 7) is 7.45. The zero-order chi connectivity index (χ0) is 13.8. The molecule has 2 nitrogen and oxygen atoms in total. The van der Waals surface area contributed by atoms with Gasteiger partial charge in [0.05, 0.1) is 0 Å². The van der Waals surface area contributed by atoms with E-state index in [4.69, 9.17) is 23.2 Å². The van der Waals surface area contributed by atoms with E-state index < -0.39 is 0 Å². The Labute approximate surface area is 126 Å². The molecule has 1 aliphatic rings. The lowest BCUT2D eigenvalue weighted by Crippen LogP contribution is -2.40. The van der Waals surface area contributed by atoms with Crippen molar-refractivity contribution in [1.82, 2.24) is 10.2 Å². The van der Waals surface area contributed by atoms with E-state index in [2.05, 4.69) is 24.1 Å². The first kappa shape index (κ1) is 15.1. The maximum Gasteiger partial charge on any atom is 0.0465 e. The summed E-state index contributed by atoms with van der Waals surface area (Å²) in [5.41, 5.74) is 1.04. The molecule has 2 rings (SSSR count). The predicted molar refractivity (Wildman–Crippen MR) is 83.0 cm³/mol. The number of nitrogens with zero attached hydrogens (tertiary/aromatic N) is 1. The van der Waals surface area contributed by atoms with Crippen molar-refractivity contribution < 1.29 is 0 Å². The number of hydrogen-bond donors (Lipinski definition) is 1. The maximum absolute atomic E-state index is 6.27. The minimum absolute atomic E-state index is 0.481. The number of halogens is 2. The Hall–Kier alpha value is -0.280. The van der Waals surface area contributed by atoms with Crippen molar-refractivity contribution >= 4 is 23.2 Å². The van der Waals surface area contributed by atoms with E-state index in [0.29, 0.717) is 12.1 Å². The monoisotopic (exact) mass is 300 g/mol. The van der Waals surface area contributed by atoms with Crippen LogP contribution in [0.4, 0.5) is 0 Å². The third kappa shape index (κ3) is 4.09. The average molecular weight is 301 g/mol. The molecule has 1 saturated heterocycles. The van der Waals surface area contributed by atoms with Crippen molar-refractivity contribution in [3.05, 3.63) is 33.8 Å². The summed E-state index contributed by atoms with van der Waals surface area (Å²) in [6.07, 6.45) is 2.54. The highest BCUT2D eigenvalue weighted by atomic mass is 35.5. The first-order valence-electron chi connectivity index (χ1n) is 6.98. The minimum atomic E-state index is 0.481. The number of benzene rings is 1. The number of rotatable bonds is 5. The third-order valence-corrected chi connectivity index (χ3v) is 4.48. The molecule has 1 aromatic rings. The first-order chi connectivity index (χ1) is 9.08. The summed E-state index contributed by atoms with van der Waals surface area (Å²) in [4.78, 5) is 2.44.